The topological polar surface area (TPSA) is 59.0 Å². The Morgan fingerprint density at radius 2 is 1.71 bits per heavy atom. The van der Waals surface area contributed by atoms with Crippen molar-refractivity contribution in [2.75, 3.05) is 6.54 Å². The van der Waals surface area contributed by atoms with E-state index in [0.717, 1.165) is 45.3 Å². The third-order valence-electron chi connectivity index (χ3n) is 5.21. The van der Waals surface area contributed by atoms with Crippen LogP contribution >= 0.6 is 0 Å². The fraction of sp³-hybridized carbons (Fsp3) is 0.130. The van der Waals surface area contributed by atoms with Gasteiger partial charge in [0, 0.05) is 54.1 Å². The summed E-state index contributed by atoms with van der Waals surface area (Å²) in [6.45, 7) is 1.25. The molecule has 5 nitrogen and oxygen atoms in total. The highest BCUT2D eigenvalue weighted by molar-refractivity contribution is 6.00. The van der Waals surface area contributed by atoms with Crippen LogP contribution in [0.5, 0.6) is 0 Å². The van der Waals surface area contributed by atoms with Crippen LogP contribution in [0.3, 0.4) is 0 Å². The standard InChI is InChI=1S/C23H18N4O/c28-23-20-6-3-5-19(17-12-24-15-25-13-17)21(20)14-27(23)11-10-18-9-8-16-4-1-2-7-22(16)26-18/h1-9,12-13,15H,10-11,14H2. The predicted octanol–water partition coefficient (Wildman–Crippen LogP) is 3.89. The van der Waals surface area contributed by atoms with Gasteiger partial charge in [-0.3, -0.25) is 9.78 Å². The second kappa shape index (κ2) is 6.85. The van der Waals surface area contributed by atoms with Crippen molar-refractivity contribution in [2.45, 2.75) is 13.0 Å². The van der Waals surface area contributed by atoms with Crippen molar-refractivity contribution < 1.29 is 4.79 Å². The minimum Gasteiger partial charge on any atom is -0.334 e. The van der Waals surface area contributed by atoms with E-state index in [9.17, 15) is 4.79 Å². The van der Waals surface area contributed by atoms with E-state index in [1.165, 1.54) is 6.33 Å². The molecule has 0 spiro atoms. The van der Waals surface area contributed by atoms with Gasteiger partial charge in [-0.05, 0) is 29.3 Å². The number of amides is 1. The van der Waals surface area contributed by atoms with E-state index < -0.39 is 0 Å². The van der Waals surface area contributed by atoms with Crippen LogP contribution in [0.1, 0.15) is 21.6 Å². The van der Waals surface area contributed by atoms with Gasteiger partial charge in [0.15, 0.2) is 0 Å². The number of para-hydroxylation sites is 1. The number of rotatable bonds is 4. The van der Waals surface area contributed by atoms with Crippen molar-refractivity contribution in [3.05, 3.63) is 90.1 Å². The number of carbonyl (C=O) groups is 1. The third-order valence-corrected chi connectivity index (χ3v) is 5.21. The van der Waals surface area contributed by atoms with Gasteiger partial charge in [-0.15, -0.1) is 0 Å². The van der Waals surface area contributed by atoms with Crippen molar-refractivity contribution in [2.24, 2.45) is 0 Å². The van der Waals surface area contributed by atoms with Crippen molar-refractivity contribution in [1.29, 1.82) is 0 Å². The molecule has 4 aromatic rings. The van der Waals surface area contributed by atoms with Gasteiger partial charge in [0.05, 0.1) is 5.52 Å². The Hall–Kier alpha value is -3.60. The first-order valence-corrected chi connectivity index (χ1v) is 9.31. The quantitative estimate of drug-likeness (QED) is 0.550. The van der Waals surface area contributed by atoms with Gasteiger partial charge in [-0.1, -0.05) is 36.4 Å². The van der Waals surface area contributed by atoms with Crippen LogP contribution in [0.4, 0.5) is 0 Å². The van der Waals surface area contributed by atoms with E-state index in [1.54, 1.807) is 12.4 Å². The van der Waals surface area contributed by atoms with Gasteiger partial charge >= 0.3 is 0 Å². The molecule has 2 aromatic heterocycles. The molecule has 0 bridgehead atoms. The summed E-state index contributed by atoms with van der Waals surface area (Å²) in [5.41, 5.74) is 5.77. The zero-order valence-electron chi connectivity index (χ0n) is 15.2. The molecule has 0 atom stereocenters. The molecule has 1 amide bonds. The Kier molecular flexibility index (Phi) is 4.05. The molecule has 0 fully saturated rings. The van der Waals surface area contributed by atoms with Crippen molar-refractivity contribution >= 4 is 16.8 Å². The molecule has 1 aliphatic rings. The van der Waals surface area contributed by atoms with Gasteiger partial charge in [0.1, 0.15) is 6.33 Å². The number of carbonyl (C=O) groups excluding carboxylic acids is 1. The molecule has 0 radical (unpaired) electrons. The van der Waals surface area contributed by atoms with Crippen LogP contribution in [0.15, 0.2) is 73.3 Å². The molecule has 5 heteroatoms. The predicted molar refractivity (Wildman–Crippen MR) is 108 cm³/mol. The summed E-state index contributed by atoms with van der Waals surface area (Å²) in [6, 6.07) is 18.1. The van der Waals surface area contributed by atoms with E-state index in [2.05, 4.69) is 22.1 Å². The molecule has 0 saturated carbocycles. The molecular formula is C23H18N4O. The number of hydrogen-bond donors (Lipinski definition) is 0. The molecule has 0 aliphatic carbocycles. The smallest absolute Gasteiger partial charge is 0.254 e. The third kappa shape index (κ3) is 2.91. The maximum atomic E-state index is 12.9. The Balaban J connectivity index is 1.37. The summed E-state index contributed by atoms with van der Waals surface area (Å²) < 4.78 is 0. The lowest BCUT2D eigenvalue weighted by atomic mass is 9.99. The SMILES string of the molecule is O=C1c2cccc(-c3cncnc3)c2CN1CCc1ccc2ccccc2n1. The van der Waals surface area contributed by atoms with Crippen LogP contribution in [0, 0.1) is 0 Å². The summed E-state index contributed by atoms with van der Waals surface area (Å²) in [4.78, 5) is 27.7. The lowest BCUT2D eigenvalue weighted by molar-refractivity contribution is 0.0780. The minimum absolute atomic E-state index is 0.0782. The zero-order chi connectivity index (χ0) is 18.9. The minimum atomic E-state index is 0.0782. The highest BCUT2D eigenvalue weighted by atomic mass is 16.2. The summed E-state index contributed by atoms with van der Waals surface area (Å²) >= 11 is 0. The highest BCUT2D eigenvalue weighted by Crippen LogP contribution is 2.32. The Labute approximate surface area is 162 Å². The van der Waals surface area contributed by atoms with Gasteiger partial charge < -0.3 is 4.90 Å². The Morgan fingerprint density at radius 3 is 2.61 bits per heavy atom. The first-order chi connectivity index (χ1) is 13.8. The lowest BCUT2D eigenvalue weighted by Gasteiger charge is -2.15. The fourth-order valence-electron chi connectivity index (χ4n) is 3.78. The van der Waals surface area contributed by atoms with Crippen LogP contribution in [0.2, 0.25) is 0 Å². The lowest BCUT2D eigenvalue weighted by Crippen LogP contribution is -2.26. The zero-order valence-corrected chi connectivity index (χ0v) is 15.2. The van der Waals surface area contributed by atoms with Gasteiger partial charge in [0.25, 0.3) is 5.91 Å². The second-order valence-electron chi connectivity index (χ2n) is 6.93. The maximum absolute atomic E-state index is 12.9. The molecule has 0 N–H and O–H groups in total. The van der Waals surface area contributed by atoms with Crippen LogP contribution in [0.25, 0.3) is 22.0 Å². The highest BCUT2D eigenvalue weighted by Gasteiger charge is 2.29. The molecule has 1 aliphatic heterocycles. The van der Waals surface area contributed by atoms with Crippen LogP contribution in [-0.2, 0) is 13.0 Å². The molecule has 28 heavy (non-hydrogen) atoms. The average molecular weight is 366 g/mol. The maximum Gasteiger partial charge on any atom is 0.254 e. The van der Waals surface area contributed by atoms with Gasteiger partial charge in [-0.2, -0.15) is 0 Å². The van der Waals surface area contributed by atoms with Gasteiger partial charge in [-0.25, -0.2) is 9.97 Å². The largest absolute Gasteiger partial charge is 0.334 e. The molecule has 0 unspecified atom stereocenters. The van der Waals surface area contributed by atoms with E-state index in [4.69, 9.17) is 4.98 Å². The summed E-state index contributed by atoms with van der Waals surface area (Å²) in [5, 5.41) is 1.13. The molecule has 2 aromatic carbocycles. The summed E-state index contributed by atoms with van der Waals surface area (Å²) in [6.07, 6.45) is 5.82. The van der Waals surface area contributed by atoms with E-state index in [1.807, 2.05) is 47.4 Å². The number of pyridine rings is 1. The van der Waals surface area contributed by atoms with Gasteiger partial charge in [0.2, 0.25) is 0 Å². The second-order valence-corrected chi connectivity index (χ2v) is 6.93. The molecule has 3 heterocycles. The summed E-state index contributed by atoms with van der Waals surface area (Å²) in [7, 11) is 0. The van der Waals surface area contributed by atoms with Crippen molar-refractivity contribution in [1.82, 2.24) is 19.9 Å². The molecule has 5 rings (SSSR count). The number of nitrogens with zero attached hydrogens (tertiary/aromatic N) is 4. The molecule has 136 valence electrons. The summed E-state index contributed by atoms with van der Waals surface area (Å²) in [5.74, 6) is 0.0782. The first kappa shape index (κ1) is 16.6. The number of hydrogen-bond acceptors (Lipinski definition) is 4. The average Bonchev–Trinajstić information content (AvgIpc) is 3.08. The number of benzene rings is 2. The van der Waals surface area contributed by atoms with Crippen LogP contribution in [-0.4, -0.2) is 32.3 Å². The molecular weight excluding hydrogens is 348 g/mol. The fourth-order valence-corrected chi connectivity index (χ4v) is 3.78. The van der Waals surface area contributed by atoms with E-state index in [-0.39, 0.29) is 5.91 Å². The molecule has 0 saturated heterocycles. The first-order valence-electron chi connectivity index (χ1n) is 9.31. The van der Waals surface area contributed by atoms with Crippen molar-refractivity contribution in [3.8, 4) is 11.1 Å². The number of aromatic nitrogens is 3. The van der Waals surface area contributed by atoms with Crippen molar-refractivity contribution in [3.63, 3.8) is 0 Å². The van der Waals surface area contributed by atoms with E-state index in [0.29, 0.717) is 13.1 Å². The van der Waals surface area contributed by atoms with Crippen LogP contribution < -0.4 is 0 Å². The Morgan fingerprint density at radius 1 is 0.893 bits per heavy atom. The number of fused-ring (bicyclic) bond motifs is 2. The monoisotopic (exact) mass is 366 g/mol. The normalized spacial score (nSPS) is 13.1. The van der Waals surface area contributed by atoms with E-state index >= 15 is 0 Å². The Bertz CT molecular complexity index is 1170.